The molecule has 0 fully saturated rings. The fraction of sp³-hybridized carbons (Fsp3) is 0.727. The number of nitrogens with zero attached hydrogens (tertiary/aromatic N) is 1. The Hall–Kier alpha value is -0.990. The lowest BCUT2D eigenvalue weighted by atomic mass is 10.1. The van der Waals surface area contributed by atoms with Gasteiger partial charge >= 0.3 is 5.97 Å². The summed E-state index contributed by atoms with van der Waals surface area (Å²) in [7, 11) is 3.86. The lowest BCUT2D eigenvalue weighted by Gasteiger charge is -2.20. The predicted octanol–water partition coefficient (Wildman–Crippen LogP) is 2.04. The summed E-state index contributed by atoms with van der Waals surface area (Å²) >= 11 is 0. The molecule has 0 spiro atoms. The highest BCUT2D eigenvalue weighted by molar-refractivity contribution is 5.82. The quantitative estimate of drug-likeness (QED) is 0.501. The fourth-order valence-electron chi connectivity index (χ4n) is 1.18. The Kier molecular flexibility index (Phi) is 6.00. The van der Waals surface area contributed by atoms with Gasteiger partial charge < -0.3 is 9.64 Å². The number of hydrogen-bond donors (Lipinski definition) is 0. The number of ether oxygens (including phenoxy) is 1. The molecule has 0 heterocycles. The molecule has 0 rings (SSSR count). The van der Waals surface area contributed by atoms with Crippen molar-refractivity contribution in [2.75, 3.05) is 20.7 Å². The molecule has 0 bridgehead atoms. The second-order valence-electron chi connectivity index (χ2n) is 3.79. The van der Waals surface area contributed by atoms with Gasteiger partial charge in [-0.15, -0.1) is 0 Å². The molecule has 0 radical (unpaired) electrons. The van der Waals surface area contributed by atoms with Crippen LogP contribution in [0.1, 0.15) is 27.2 Å². The van der Waals surface area contributed by atoms with E-state index in [4.69, 9.17) is 4.74 Å². The Labute approximate surface area is 86.7 Å². The van der Waals surface area contributed by atoms with E-state index in [0.717, 1.165) is 12.1 Å². The van der Waals surface area contributed by atoms with Gasteiger partial charge in [0.15, 0.2) is 0 Å². The smallest absolute Gasteiger partial charge is 0.332 e. The van der Waals surface area contributed by atoms with Crippen LogP contribution < -0.4 is 0 Å². The van der Waals surface area contributed by atoms with E-state index in [2.05, 4.69) is 13.8 Å². The van der Waals surface area contributed by atoms with Crippen molar-refractivity contribution in [3.63, 3.8) is 0 Å². The topological polar surface area (TPSA) is 29.5 Å². The zero-order chi connectivity index (χ0) is 11.1. The number of hydrogen-bond acceptors (Lipinski definition) is 3. The van der Waals surface area contributed by atoms with Gasteiger partial charge in [-0.3, -0.25) is 0 Å². The highest BCUT2D eigenvalue weighted by Crippen LogP contribution is 2.11. The maximum absolute atomic E-state index is 11.3. The maximum Gasteiger partial charge on any atom is 0.332 e. The van der Waals surface area contributed by atoms with Gasteiger partial charge in [0.25, 0.3) is 0 Å². The molecule has 3 heteroatoms. The largest absolute Gasteiger partial charge is 0.462 e. The van der Waals surface area contributed by atoms with Crippen molar-refractivity contribution in [1.82, 2.24) is 4.90 Å². The molecule has 0 aromatic rings. The van der Waals surface area contributed by atoms with E-state index in [1.165, 1.54) is 0 Å². The number of carbonyl (C=O) groups excluding carboxylic acids is 1. The van der Waals surface area contributed by atoms with Crippen LogP contribution in [0.15, 0.2) is 11.8 Å². The van der Waals surface area contributed by atoms with Gasteiger partial charge in [0.1, 0.15) is 0 Å². The second-order valence-corrected chi connectivity index (χ2v) is 3.79. The van der Waals surface area contributed by atoms with Gasteiger partial charge in [-0.05, 0) is 12.3 Å². The summed E-state index contributed by atoms with van der Waals surface area (Å²) in [6.07, 6.45) is 2.43. The van der Waals surface area contributed by atoms with Crippen molar-refractivity contribution in [3.05, 3.63) is 11.8 Å². The molecule has 0 aliphatic carbocycles. The first-order valence-electron chi connectivity index (χ1n) is 5.04. The van der Waals surface area contributed by atoms with Crippen LogP contribution in [-0.2, 0) is 9.53 Å². The molecule has 0 unspecified atom stereocenters. The molecule has 3 nitrogen and oxygen atoms in total. The Morgan fingerprint density at radius 2 is 2.00 bits per heavy atom. The number of allylic oxidation sites excluding steroid dienone is 1. The molecule has 0 aliphatic rings. The summed E-state index contributed by atoms with van der Waals surface area (Å²) in [6.45, 7) is 6.58. The lowest BCUT2D eigenvalue weighted by molar-refractivity contribution is -0.137. The fourth-order valence-corrected chi connectivity index (χ4v) is 1.18. The summed E-state index contributed by atoms with van der Waals surface area (Å²) in [5, 5.41) is 0. The Bertz CT molecular complexity index is 197. The van der Waals surface area contributed by atoms with Gasteiger partial charge in [0.05, 0.1) is 6.61 Å². The van der Waals surface area contributed by atoms with Gasteiger partial charge in [-0.25, -0.2) is 4.79 Å². The third-order valence-electron chi connectivity index (χ3n) is 1.82. The minimum absolute atomic E-state index is 0.246. The van der Waals surface area contributed by atoms with E-state index in [0.29, 0.717) is 12.5 Å². The molecule has 14 heavy (non-hydrogen) atoms. The number of carbonyl (C=O) groups is 1. The van der Waals surface area contributed by atoms with Crippen LogP contribution in [0, 0.1) is 5.92 Å². The summed E-state index contributed by atoms with van der Waals surface area (Å²) in [6, 6.07) is 0. The summed E-state index contributed by atoms with van der Waals surface area (Å²) in [5.41, 5.74) is 0.992. The zero-order valence-corrected chi connectivity index (χ0v) is 9.83. The highest BCUT2D eigenvalue weighted by atomic mass is 16.5. The second kappa shape index (κ2) is 6.46. The predicted molar refractivity (Wildman–Crippen MR) is 57.9 cm³/mol. The van der Waals surface area contributed by atoms with E-state index in [-0.39, 0.29) is 5.97 Å². The van der Waals surface area contributed by atoms with Crippen molar-refractivity contribution in [3.8, 4) is 0 Å². The summed E-state index contributed by atoms with van der Waals surface area (Å²) in [5.74, 6) is 0.0865. The third-order valence-corrected chi connectivity index (χ3v) is 1.82. The molecule has 0 saturated heterocycles. The molecule has 0 atom stereocenters. The Balaban J connectivity index is 4.34. The Morgan fingerprint density at radius 1 is 1.43 bits per heavy atom. The first kappa shape index (κ1) is 13.0. The van der Waals surface area contributed by atoms with Crippen LogP contribution in [0.4, 0.5) is 0 Å². The van der Waals surface area contributed by atoms with E-state index < -0.39 is 0 Å². The first-order chi connectivity index (χ1) is 6.49. The van der Waals surface area contributed by atoms with Crippen LogP contribution in [0.5, 0.6) is 0 Å². The molecule has 0 aliphatic heterocycles. The van der Waals surface area contributed by atoms with Crippen molar-refractivity contribution in [1.29, 1.82) is 0 Å². The third kappa shape index (κ3) is 4.90. The van der Waals surface area contributed by atoms with Crippen molar-refractivity contribution < 1.29 is 9.53 Å². The average Bonchev–Trinajstić information content (AvgIpc) is 2.09. The van der Waals surface area contributed by atoms with Gasteiger partial charge in [-0.2, -0.15) is 0 Å². The molecular weight excluding hydrogens is 178 g/mol. The molecule has 82 valence electrons. The minimum atomic E-state index is -0.246. The standard InChI is InChI=1S/C11H21NO2/c1-6-7-14-11(13)8-10(9(2)3)12(4)5/h8-9H,6-7H2,1-5H3. The van der Waals surface area contributed by atoms with Crippen LogP contribution in [0.2, 0.25) is 0 Å². The van der Waals surface area contributed by atoms with E-state index in [9.17, 15) is 4.79 Å². The van der Waals surface area contributed by atoms with Crippen molar-refractivity contribution >= 4 is 5.97 Å². The highest BCUT2D eigenvalue weighted by Gasteiger charge is 2.08. The van der Waals surface area contributed by atoms with Crippen LogP contribution in [-0.4, -0.2) is 31.6 Å². The molecule has 0 aromatic carbocycles. The van der Waals surface area contributed by atoms with Gasteiger partial charge in [0, 0.05) is 25.9 Å². The summed E-state index contributed by atoms with van der Waals surface area (Å²) < 4.78 is 4.98. The molecule has 0 amide bonds. The number of rotatable bonds is 5. The summed E-state index contributed by atoms with van der Waals surface area (Å²) in [4.78, 5) is 13.2. The Morgan fingerprint density at radius 3 is 2.36 bits per heavy atom. The first-order valence-corrected chi connectivity index (χ1v) is 5.04. The van der Waals surface area contributed by atoms with Gasteiger partial charge in [-0.1, -0.05) is 20.8 Å². The molecule has 0 aromatic heterocycles. The van der Waals surface area contributed by atoms with Crippen molar-refractivity contribution in [2.24, 2.45) is 5.92 Å². The van der Waals surface area contributed by atoms with Crippen LogP contribution >= 0.6 is 0 Å². The molecular formula is C11H21NO2. The van der Waals surface area contributed by atoms with Crippen LogP contribution in [0.25, 0.3) is 0 Å². The lowest BCUT2D eigenvalue weighted by Crippen LogP contribution is -2.18. The minimum Gasteiger partial charge on any atom is -0.462 e. The van der Waals surface area contributed by atoms with Crippen LogP contribution in [0.3, 0.4) is 0 Å². The zero-order valence-electron chi connectivity index (χ0n) is 9.83. The number of esters is 1. The maximum atomic E-state index is 11.3. The average molecular weight is 199 g/mol. The SMILES string of the molecule is CCCOC(=O)C=C(C(C)C)N(C)C. The van der Waals surface area contributed by atoms with Gasteiger partial charge in [0.2, 0.25) is 0 Å². The molecule has 0 saturated carbocycles. The normalized spacial score (nSPS) is 11.7. The monoisotopic (exact) mass is 199 g/mol. The van der Waals surface area contributed by atoms with E-state index in [1.807, 2.05) is 25.9 Å². The van der Waals surface area contributed by atoms with E-state index in [1.54, 1.807) is 6.08 Å². The van der Waals surface area contributed by atoms with Crippen molar-refractivity contribution in [2.45, 2.75) is 27.2 Å². The molecule has 0 N–H and O–H groups in total. The van der Waals surface area contributed by atoms with E-state index >= 15 is 0 Å².